The molecule has 41 heavy (non-hydrogen) atoms. The molecule has 228 valence electrons. The Morgan fingerprint density at radius 1 is 0.805 bits per heavy atom. The quantitative estimate of drug-likeness (QED) is 0.133. The molecule has 4 rings (SSSR count). The van der Waals surface area contributed by atoms with E-state index in [0.717, 1.165) is 76.5 Å². The largest absolute Gasteiger partial charge is 0.432 e. The molecule has 1 heterocycles. The van der Waals surface area contributed by atoms with Gasteiger partial charge in [-0.05, 0) is 113 Å². The van der Waals surface area contributed by atoms with Crippen LogP contribution in [0, 0.1) is 35.3 Å². The lowest BCUT2D eigenvalue weighted by atomic mass is 9.78. The zero-order valence-electron chi connectivity index (χ0n) is 24.1. The third-order valence-electron chi connectivity index (χ3n) is 8.89. The number of alkyl halides is 2. The van der Waals surface area contributed by atoms with Crippen LogP contribution >= 0.6 is 0 Å². The summed E-state index contributed by atoms with van der Waals surface area (Å²) in [6.07, 6.45) is 20.1. The van der Waals surface area contributed by atoms with Crippen molar-refractivity contribution in [2.24, 2.45) is 23.7 Å². The van der Waals surface area contributed by atoms with E-state index < -0.39 is 23.7 Å². The molecule has 1 aliphatic heterocycles. The smallest absolute Gasteiger partial charge is 0.400 e. The number of allylic oxidation sites excluding steroid dienone is 4. The molecule has 1 aromatic rings. The number of unbranched alkanes of at least 4 members (excludes halogenated alkanes) is 2. The second-order valence-electron chi connectivity index (χ2n) is 12.0. The summed E-state index contributed by atoms with van der Waals surface area (Å²) in [7, 11) is 0. The Bertz CT molecular complexity index is 986. The first-order valence-electron chi connectivity index (χ1n) is 15.5. The SMILES string of the molecule is C=CCCCCOC1CCC(/C=C/C2CCC(/C=C/C3CCC(C(F)(F)Oc4ccc(F)c(F)c4)CC3)CC2)OC1. The van der Waals surface area contributed by atoms with Gasteiger partial charge >= 0.3 is 6.11 Å². The van der Waals surface area contributed by atoms with E-state index in [4.69, 9.17) is 14.2 Å². The number of halogens is 4. The van der Waals surface area contributed by atoms with E-state index in [1.54, 1.807) is 0 Å². The Labute approximate surface area is 243 Å². The molecule has 2 unspecified atom stereocenters. The average molecular weight is 579 g/mol. The molecular weight excluding hydrogens is 532 g/mol. The molecule has 1 saturated heterocycles. The van der Waals surface area contributed by atoms with Gasteiger partial charge in [0.15, 0.2) is 11.6 Å². The third kappa shape index (κ3) is 10.3. The fraction of sp³-hybridized carbons (Fsp3) is 0.647. The predicted molar refractivity (Wildman–Crippen MR) is 154 cm³/mol. The highest BCUT2D eigenvalue weighted by Crippen LogP contribution is 2.41. The van der Waals surface area contributed by atoms with Crippen molar-refractivity contribution in [2.75, 3.05) is 13.2 Å². The summed E-state index contributed by atoms with van der Waals surface area (Å²) in [6, 6.07) is 2.51. The molecule has 7 heteroatoms. The maximum absolute atomic E-state index is 14.7. The highest BCUT2D eigenvalue weighted by molar-refractivity contribution is 5.24. The van der Waals surface area contributed by atoms with Crippen molar-refractivity contribution in [3.05, 3.63) is 66.8 Å². The normalized spacial score (nSPS) is 29.7. The molecule has 2 atom stereocenters. The van der Waals surface area contributed by atoms with E-state index in [1.807, 2.05) is 6.08 Å². The van der Waals surface area contributed by atoms with Crippen LogP contribution in [-0.4, -0.2) is 31.5 Å². The van der Waals surface area contributed by atoms with Gasteiger partial charge in [0.05, 0.1) is 24.7 Å². The summed E-state index contributed by atoms with van der Waals surface area (Å²) >= 11 is 0. The van der Waals surface area contributed by atoms with Crippen LogP contribution in [0.5, 0.6) is 5.75 Å². The molecule has 3 aliphatic rings. The lowest BCUT2D eigenvalue weighted by Crippen LogP contribution is -2.37. The summed E-state index contributed by atoms with van der Waals surface area (Å²) in [5.74, 6) is -2.12. The van der Waals surface area contributed by atoms with Crippen LogP contribution in [0.15, 0.2) is 55.2 Å². The van der Waals surface area contributed by atoms with Crippen molar-refractivity contribution in [1.29, 1.82) is 0 Å². The molecular formula is C34H46F4O3. The summed E-state index contributed by atoms with van der Waals surface area (Å²) < 4.78 is 72.6. The Hall–Kier alpha value is -2.12. The lowest BCUT2D eigenvalue weighted by molar-refractivity contribution is -0.223. The Morgan fingerprint density at radius 3 is 2.02 bits per heavy atom. The van der Waals surface area contributed by atoms with E-state index in [1.165, 1.54) is 0 Å². The van der Waals surface area contributed by atoms with Crippen molar-refractivity contribution in [1.82, 2.24) is 0 Å². The summed E-state index contributed by atoms with van der Waals surface area (Å²) in [4.78, 5) is 0. The number of hydrogen-bond acceptors (Lipinski definition) is 3. The molecule has 0 amide bonds. The topological polar surface area (TPSA) is 27.7 Å². The Balaban J connectivity index is 1.10. The van der Waals surface area contributed by atoms with Gasteiger partial charge < -0.3 is 14.2 Å². The van der Waals surface area contributed by atoms with E-state index >= 15 is 0 Å². The minimum atomic E-state index is -3.41. The van der Waals surface area contributed by atoms with Crippen LogP contribution in [-0.2, 0) is 9.47 Å². The second kappa shape index (κ2) is 15.9. The average Bonchev–Trinajstić information content (AvgIpc) is 2.98. The van der Waals surface area contributed by atoms with Crippen LogP contribution in [0.2, 0.25) is 0 Å². The highest BCUT2D eigenvalue weighted by Gasteiger charge is 2.43. The van der Waals surface area contributed by atoms with Gasteiger partial charge in [0.2, 0.25) is 0 Å². The molecule has 3 nitrogen and oxygen atoms in total. The van der Waals surface area contributed by atoms with Crippen molar-refractivity contribution >= 4 is 0 Å². The molecule has 2 saturated carbocycles. The zero-order chi connectivity index (χ0) is 29.1. The maximum atomic E-state index is 14.7. The van der Waals surface area contributed by atoms with E-state index in [-0.39, 0.29) is 18.0 Å². The minimum Gasteiger partial charge on any atom is -0.432 e. The van der Waals surface area contributed by atoms with Crippen molar-refractivity contribution in [3.63, 3.8) is 0 Å². The summed E-state index contributed by atoms with van der Waals surface area (Å²) in [6.45, 7) is 5.23. The summed E-state index contributed by atoms with van der Waals surface area (Å²) in [5.41, 5.74) is 0. The van der Waals surface area contributed by atoms with E-state index in [2.05, 4.69) is 30.9 Å². The number of ether oxygens (including phenoxy) is 3. The Kier molecular flexibility index (Phi) is 12.4. The number of benzene rings is 1. The lowest BCUT2D eigenvalue weighted by Gasteiger charge is -2.32. The van der Waals surface area contributed by atoms with Crippen LogP contribution in [0.3, 0.4) is 0 Å². The van der Waals surface area contributed by atoms with Gasteiger partial charge in [-0.2, -0.15) is 8.78 Å². The third-order valence-corrected chi connectivity index (χ3v) is 8.89. The molecule has 1 aromatic carbocycles. The van der Waals surface area contributed by atoms with Gasteiger partial charge in [-0.3, -0.25) is 0 Å². The molecule has 2 aliphatic carbocycles. The number of rotatable bonds is 13. The molecule has 0 spiro atoms. The molecule has 0 bridgehead atoms. The van der Waals surface area contributed by atoms with Crippen molar-refractivity contribution in [2.45, 2.75) is 102 Å². The van der Waals surface area contributed by atoms with Crippen LogP contribution < -0.4 is 4.74 Å². The van der Waals surface area contributed by atoms with Gasteiger partial charge in [-0.25, -0.2) is 8.78 Å². The highest BCUT2D eigenvalue weighted by atomic mass is 19.3. The maximum Gasteiger partial charge on any atom is 0.400 e. The molecule has 0 aromatic heterocycles. The van der Waals surface area contributed by atoms with Gasteiger partial charge in [-0.1, -0.05) is 30.4 Å². The fourth-order valence-electron chi connectivity index (χ4n) is 6.23. The molecule has 0 N–H and O–H groups in total. The second-order valence-corrected chi connectivity index (χ2v) is 12.0. The van der Waals surface area contributed by atoms with Gasteiger partial charge in [0.25, 0.3) is 0 Å². The minimum absolute atomic E-state index is 0.193. The summed E-state index contributed by atoms with van der Waals surface area (Å²) in [5, 5.41) is 0. The van der Waals surface area contributed by atoms with Crippen LogP contribution in [0.1, 0.15) is 83.5 Å². The van der Waals surface area contributed by atoms with Crippen molar-refractivity contribution < 1.29 is 31.8 Å². The van der Waals surface area contributed by atoms with Gasteiger partial charge in [0.1, 0.15) is 5.75 Å². The zero-order valence-corrected chi connectivity index (χ0v) is 24.1. The van der Waals surface area contributed by atoms with Crippen molar-refractivity contribution in [3.8, 4) is 5.75 Å². The standard InChI is InChI=1S/C34H46F4O3/c1-2-3-4-5-22-39-31-19-18-29(40-24-31)17-14-26-9-6-25(7-10-26)8-11-27-12-15-28(16-13-27)34(37,38)41-30-20-21-32(35)33(36)23-30/h2,8,11,14,17,20-21,23,25-29,31H,1,3-7,9-10,12-13,15-16,18-19,22,24H2/b11-8+,17-14+. The molecule has 3 fully saturated rings. The first kappa shape index (κ1) is 31.8. The Morgan fingerprint density at radius 2 is 1.44 bits per heavy atom. The van der Waals surface area contributed by atoms with E-state index in [0.29, 0.717) is 56.1 Å². The predicted octanol–water partition coefficient (Wildman–Crippen LogP) is 9.58. The van der Waals surface area contributed by atoms with Gasteiger partial charge in [0, 0.05) is 12.7 Å². The first-order chi connectivity index (χ1) is 19.8. The number of hydrogen-bond donors (Lipinski definition) is 0. The molecule has 0 radical (unpaired) electrons. The monoisotopic (exact) mass is 578 g/mol. The van der Waals surface area contributed by atoms with Crippen LogP contribution in [0.4, 0.5) is 17.6 Å². The van der Waals surface area contributed by atoms with Gasteiger partial charge in [-0.15, -0.1) is 6.58 Å². The van der Waals surface area contributed by atoms with Crippen LogP contribution in [0.25, 0.3) is 0 Å². The first-order valence-corrected chi connectivity index (χ1v) is 15.5. The van der Waals surface area contributed by atoms with E-state index in [9.17, 15) is 17.6 Å². The fourth-order valence-corrected chi connectivity index (χ4v) is 6.23.